The fourth-order valence-corrected chi connectivity index (χ4v) is 5.25. The highest BCUT2D eigenvalue weighted by Gasteiger charge is 2.31. The van der Waals surface area contributed by atoms with E-state index in [1.165, 1.54) is 16.7 Å². The number of carbonyl (C=O) groups excluding carboxylic acids is 1. The molecule has 7 nitrogen and oxygen atoms in total. The maximum absolute atomic E-state index is 14.0. The molecule has 0 saturated heterocycles. The van der Waals surface area contributed by atoms with Crippen LogP contribution in [0.1, 0.15) is 43.3 Å². The second-order valence-electron chi connectivity index (χ2n) is 10.4. The molecule has 5 aromatic rings. The van der Waals surface area contributed by atoms with Crippen LogP contribution in [0.25, 0.3) is 16.6 Å². The molecule has 0 saturated carbocycles. The lowest BCUT2D eigenvalue weighted by Crippen LogP contribution is -2.42. The van der Waals surface area contributed by atoms with Gasteiger partial charge in [-0.1, -0.05) is 49.4 Å². The third-order valence-electron chi connectivity index (χ3n) is 7.48. The standard InChI is InChI=1S/C35H33F3N4O3/c1-3-31(32-40-30-13-9-8-12-29(30)33(43)42(32)27-18-20-28(21-19-27)45-4-2)41(23-22-24-10-6-5-7-11-24)34(44)39-26-16-14-25(15-17-26)35(36,37)38/h5-21,31H,3-4,22-23H2,1-2H3,(H,39,44). The SMILES string of the molecule is CCOc1ccc(-n2c(C(CC)N(CCc3ccccc3)C(=O)Nc3ccc(C(F)(F)F)cc3)nc3ccccc3c2=O)cc1. The Morgan fingerprint density at radius 1 is 0.911 bits per heavy atom. The van der Waals surface area contributed by atoms with Gasteiger partial charge in [0.1, 0.15) is 11.6 Å². The van der Waals surface area contributed by atoms with Gasteiger partial charge in [0, 0.05) is 12.2 Å². The third kappa shape index (κ3) is 7.17. The molecule has 1 heterocycles. The van der Waals surface area contributed by atoms with E-state index in [-0.39, 0.29) is 17.8 Å². The number of alkyl halides is 3. The highest BCUT2D eigenvalue weighted by molar-refractivity contribution is 5.89. The second-order valence-corrected chi connectivity index (χ2v) is 10.4. The van der Waals surface area contributed by atoms with Crippen molar-refractivity contribution in [2.45, 2.75) is 38.9 Å². The minimum Gasteiger partial charge on any atom is -0.494 e. The monoisotopic (exact) mass is 614 g/mol. The van der Waals surface area contributed by atoms with Crippen LogP contribution >= 0.6 is 0 Å². The Bertz CT molecular complexity index is 1810. The molecule has 0 fully saturated rings. The van der Waals surface area contributed by atoms with Crippen LogP contribution in [0.5, 0.6) is 5.75 Å². The summed E-state index contributed by atoms with van der Waals surface area (Å²) < 4.78 is 46.6. The van der Waals surface area contributed by atoms with Crippen molar-refractivity contribution in [2.75, 3.05) is 18.5 Å². The van der Waals surface area contributed by atoms with Gasteiger partial charge in [0.25, 0.3) is 5.56 Å². The van der Waals surface area contributed by atoms with Gasteiger partial charge in [-0.25, -0.2) is 9.78 Å². The average Bonchev–Trinajstić information content (AvgIpc) is 3.04. The quantitative estimate of drug-likeness (QED) is 0.173. The molecular weight excluding hydrogens is 581 g/mol. The van der Waals surface area contributed by atoms with Gasteiger partial charge >= 0.3 is 12.2 Å². The molecule has 1 unspecified atom stereocenters. The summed E-state index contributed by atoms with van der Waals surface area (Å²) in [6.07, 6.45) is -3.60. The Balaban J connectivity index is 1.59. The Labute approximate surface area is 258 Å². The lowest BCUT2D eigenvalue weighted by Gasteiger charge is -2.32. The highest BCUT2D eigenvalue weighted by atomic mass is 19.4. The molecule has 2 amide bonds. The largest absolute Gasteiger partial charge is 0.494 e. The molecule has 1 N–H and O–H groups in total. The lowest BCUT2D eigenvalue weighted by molar-refractivity contribution is -0.137. The molecule has 0 aliphatic carbocycles. The first-order valence-electron chi connectivity index (χ1n) is 14.7. The fraction of sp³-hybridized carbons (Fsp3) is 0.229. The Morgan fingerprint density at radius 2 is 1.58 bits per heavy atom. The number of halogens is 3. The van der Waals surface area contributed by atoms with Gasteiger partial charge in [-0.3, -0.25) is 9.36 Å². The number of ether oxygens (including phenoxy) is 1. The number of fused-ring (bicyclic) bond motifs is 1. The van der Waals surface area contributed by atoms with Crippen LogP contribution in [-0.4, -0.2) is 33.6 Å². The van der Waals surface area contributed by atoms with E-state index in [1.807, 2.05) is 44.2 Å². The molecular formula is C35H33F3N4O3. The zero-order chi connectivity index (χ0) is 32.0. The Hall–Kier alpha value is -5.12. The van der Waals surface area contributed by atoms with E-state index in [2.05, 4.69) is 5.32 Å². The van der Waals surface area contributed by atoms with Gasteiger partial charge in [-0.05, 0) is 86.0 Å². The van der Waals surface area contributed by atoms with Gasteiger partial charge in [-0.2, -0.15) is 13.2 Å². The van der Waals surface area contributed by atoms with E-state index in [0.717, 1.165) is 17.7 Å². The van der Waals surface area contributed by atoms with Crippen molar-refractivity contribution in [3.8, 4) is 11.4 Å². The summed E-state index contributed by atoms with van der Waals surface area (Å²) in [5, 5.41) is 3.19. The first kappa shape index (κ1) is 31.3. The summed E-state index contributed by atoms with van der Waals surface area (Å²) in [5.74, 6) is 1.01. The number of carbonyl (C=O) groups is 1. The van der Waals surface area contributed by atoms with Gasteiger partial charge in [-0.15, -0.1) is 0 Å². The van der Waals surface area contributed by atoms with E-state index in [4.69, 9.17) is 9.72 Å². The molecule has 1 aromatic heterocycles. The number of anilines is 1. The zero-order valence-electron chi connectivity index (χ0n) is 24.9. The number of hydrogen-bond acceptors (Lipinski definition) is 4. The van der Waals surface area contributed by atoms with Crippen molar-refractivity contribution in [3.63, 3.8) is 0 Å². The van der Waals surface area contributed by atoms with E-state index in [0.29, 0.717) is 47.6 Å². The summed E-state index contributed by atoms with van der Waals surface area (Å²) in [6, 6.07) is 26.9. The molecule has 232 valence electrons. The average molecular weight is 615 g/mol. The van der Waals surface area contributed by atoms with E-state index in [1.54, 1.807) is 53.4 Å². The predicted octanol–water partition coefficient (Wildman–Crippen LogP) is 8.03. The van der Waals surface area contributed by atoms with Crippen LogP contribution in [0.15, 0.2) is 108 Å². The van der Waals surface area contributed by atoms with Crippen LogP contribution in [-0.2, 0) is 12.6 Å². The number of aromatic nitrogens is 2. The van der Waals surface area contributed by atoms with Crippen molar-refractivity contribution < 1.29 is 22.7 Å². The first-order valence-corrected chi connectivity index (χ1v) is 14.7. The van der Waals surface area contributed by atoms with Crippen molar-refractivity contribution in [1.82, 2.24) is 14.5 Å². The van der Waals surface area contributed by atoms with Crippen molar-refractivity contribution in [3.05, 3.63) is 130 Å². The molecule has 0 aliphatic rings. The van der Waals surface area contributed by atoms with Crippen molar-refractivity contribution in [1.29, 1.82) is 0 Å². The number of para-hydroxylation sites is 1. The molecule has 1 atom stereocenters. The molecule has 0 bridgehead atoms. The third-order valence-corrected chi connectivity index (χ3v) is 7.48. The molecule has 0 aliphatic heterocycles. The van der Waals surface area contributed by atoms with Gasteiger partial charge in [0.2, 0.25) is 0 Å². The number of rotatable bonds is 10. The fourth-order valence-electron chi connectivity index (χ4n) is 5.25. The molecule has 10 heteroatoms. The first-order chi connectivity index (χ1) is 21.7. The van der Waals surface area contributed by atoms with Crippen molar-refractivity contribution >= 4 is 22.6 Å². The highest BCUT2D eigenvalue weighted by Crippen LogP contribution is 2.31. The lowest BCUT2D eigenvalue weighted by atomic mass is 10.1. The maximum atomic E-state index is 14.0. The molecule has 4 aromatic carbocycles. The van der Waals surface area contributed by atoms with Crippen molar-refractivity contribution in [2.24, 2.45) is 0 Å². The number of nitrogens with zero attached hydrogens (tertiary/aromatic N) is 3. The topological polar surface area (TPSA) is 76.5 Å². The van der Waals surface area contributed by atoms with E-state index >= 15 is 0 Å². The Morgan fingerprint density at radius 3 is 2.22 bits per heavy atom. The number of nitrogens with one attached hydrogen (secondary N) is 1. The van der Waals surface area contributed by atoms with E-state index < -0.39 is 23.8 Å². The molecule has 0 radical (unpaired) electrons. The number of amides is 2. The van der Waals surface area contributed by atoms with Crippen LogP contribution in [0, 0.1) is 0 Å². The maximum Gasteiger partial charge on any atom is 0.416 e. The van der Waals surface area contributed by atoms with Gasteiger partial charge < -0.3 is 15.0 Å². The smallest absolute Gasteiger partial charge is 0.416 e. The molecule has 0 spiro atoms. The van der Waals surface area contributed by atoms with Crippen LogP contribution < -0.4 is 15.6 Å². The molecule has 45 heavy (non-hydrogen) atoms. The van der Waals surface area contributed by atoms with Gasteiger partial charge in [0.05, 0.1) is 34.8 Å². The normalized spacial score (nSPS) is 12.1. The summed E-state index contributed by atoms with van der Waals surface area (Å²) in [6.45, 7) is 4.52. The minimum atomic E-state index is -4.50. The van der Waals surface area contributed by atoms with Crippen LogP contribution in [0.4, 0.5) is 23.7 Å². The second kappa shape index (κ2) is 13.7. The number of benzene rings is 4. The zero-order valence-corrected chi connectivity index (χ0v) is 24.9. The minimum absolute atomic E-state index is 0.211. The predicted molar refractivity (Wildman–Crippen MR) is 169 cm³/mol. The van der Waals surface area contributed by atoms with Gasteiger partial charge in [0.15, 0.2) is 0 Å². The summed E-state index contributed by atoms with van der Waals surface area (Å²) in [7, 11) is 0. The Kier molecular flexibility index (Phi) is 9.51. The summed E-state index contributed by atoms with van der Waals surface area (Å²) in [5.41, 5.74) is 1.15. The summed E-state index contributed by atoms with van der Waals surface area (Å²) in [4.78, 5) is 34.5. The molecule has 5 rings (SSSR count). The van der Waals surface area contributed by atoms with Crippen LogP contribution in [0.2, 0.25) is 0 Å². The summed E-state index contributed by atoms with van der Waals surface area (Å²) >= 11 is 0. The van der Waals surface area contributed by atoms with E-state index in [9.17, 15) is 22.8 Å². The van der Waals surface area contributed by atoms with Crippen LogP contribution in [0.3, 0.4) is 0 Å². The number of urea groups is 1. The number of hydrogen-bond donors (Lipinski definition) is 1.